The SMILES string of the molecule is CC(=O)Nc1nc(C)c(-c2cnc(Cl)c(NS(=O)(=O)c3c[nH]c(C)n3)c2)s1. The standard InChI is InChI=1S/C15H15ClN6O3S2/c1-7-13(26-15(19-7)21-9(3)23)10-4-11(14(16)18-5-10)22-27(24,25)12-6-17-8(2)20-12/h4-6,22H,1-3H3,(H,17,20)(H,19,21,23). The van der Waals surface area contributed by atoms with Gasteiger partial charge in [0.1, 0.15) is 5.82 Å². The van der Waals surface area contributed by atoms with Crippen molar-refractivity contribution in [1.29, 1.82) is 0 Å². The van der Waals surface area contributed by atoms with E-state index in [0.29, 0.717) is 22.2 Å². The highest BCUT2D eigenvalue weighted by Crippen LogP contribution is 2.35. The molecule has 0 saturated heterocycles. The van der Waals surface area contributed by atoms with Crippen molar-refractivity contribution in [2.24, 2.45) is 0 Å². The third kappa shape index (κ3) is 4.26. The van der Waals surface area contributed by atoms with Gasteiger partial charge in [0.15, 0.2) is 15.3 Å². The van der Waals surface area contributed by atoms with Gasteiger partial charge in [0.25, 0.3) is 10.0 Å². The van der Waals surface area contributed by atoms with Crippen LogP contribution in [-0.4, -0.2) is 34.3 Å². The number of hydrogen-bond acceptors (Lipinski definition) is 7. The molecule has 0 radical (unpaired) electrons. The van der Waals surface area contributed by atoms with Crippen molar-refractivity contribution >= 4 is 49.7 Å². The molecule has 3 heterocycles. The van der Waals surface area contributed by atoms with Crippen LogP contribution in [0.1, 0.15) is 18.4 Å². The molecular formula is C15H15ClN6O3S2. The van der Waals surface area contributed by atoms with Crippen LogP contribution in [0.3, 0.4) is 0 Å². The largest absolute Gasteiger partial charge is 0.348 e. The molecule has 0 saturated carbocycles. The first-order valence-electron chi connectivity index (χ1n) is 7.61. The minimum absolute atomic E-state index is 0.00108. The number of aromatic amines is 1. The summed E-state index contributed by atoms with van der Waals surface area (Å²) in [4.78, 5) is 26.9. The van der Waals surface area contributed by atoms with E-state index in [1.54, 1.807) is 19.9 Å². The molecule has 9 nitrogen and oxygen atoms in total. The van der Waals surface area contributed by atoms with Gasteiger partial charge in [-0.2, -0.15) is 8.42 Å². The first-order valence-corrected chi connectivity index (χ1v) is 10.3. The Labute approximate surface area is 164 Å². The number of aryl methyl sites for hydroxylation is 2. The van der Waals surface area contributed by atoms with Crippen molar-refractivity contribution < 1.29 is 13.2 Å². The molecule has 3 rings (SSSR count). The van der Waals surface area contributed by atoms with E-state index in [2.05, 4.69) is 30.0 Å². The third-order valence-electron chi connectivity index (χ3n) is 3.38. The number of H-pyrrole nitrogens is 1. The number of nitrogens with zero attached hydrogens (tertiary/aromatic N) is 3. The van der Waals surface area contributed by atoms with Crippen LogP contribution in [0.25, 0.3) is 10.4 Å². The minimum atomic E-state index is -3.92. The summed E-state index contributed by atoms with van der Waals surface area (Å²) in [6.07, 6.45) is 2.80. The summed E-state index contributed by atoms with van der Waals surface area (Å²) in [7, 11) is -3.92. The van der Waals surface area contributed by atoms with E-state index in [-0.39, 0.29) is 21.8 Å². The lowest BCUT2D eigenvalue weighted by molar-refractivity contribution is -0.114. The Kier molecular flexibility index (Phi) is 5.18. The van der Waals surface area contributed by atoms with Gasteiger partial charge in [-0.25, -0.2) is 15.0 Å². The number of rotatable bonds is 5. The number of thiazole rings is 1. The fraction of sp³-hybridized carbons (Fsp3) is 0.200. The van der Waals surface area contributed by atoms with E-state index in [9.17, 15) is 13.2 Å². The molecule has 0 fully saturated rings. The average Bonchev–Trinajstić information content (AvgIpc) is 3.15. The Morgan fingerprint density at radius 1 is 1.30 bits per heavy atom. The number of amides is 1. The molecule has 0 unspecified atom stereocenters. The molecule has 0 bridgehead atoms. The van der Waals surface area contributed by atoms with Gasteiger partial charge >= 0.3 is 0 Å². The molecule has 0 aliphatic rings. The molecule has 3 aromatic rings. The number of carbonyl (C=O) groups excluding carboxylic acids is 1. The average molecular weight is 427 g/mol. The monoisotopic (exact) mass is 426 g/mol. The number of anilines is 2. The molecule has 0 aliphatic heterocycles. The lowest BCUT2D eigenvalue weighted by Crippen LogP contribution is -2.14. The molecule has 27 heavy (non-hydrogen) atoms. The van der Waals surface area contributed by atoms with E-state index in [1.165, 1.54) is 30.7 Å². The lowest BCUT2D eigenvalue weighted by atomic mass is 10.2. The molecule has 0 spiro atoms. The molecule has 3 aromatic heterocycles. The summed E-state index contributed by atoms with van der Waals surface area (Å²) in [6.45, 7) is 4.82. The van der Waals surface area contributed by atoms with Gasteiger partial charge < -0.3 is 10.3 Å². The summed E-state index contributed by atoms with van der Waals surface area (Å²) in [5.41, 5.74) is 1.40. The zero-order valence-electron chi connectivity index (χ0n) is 14.5. The predicted octanol–water partition coefficient (Wildman–Crippen LogP) is 2.96. The van der Waals surface area contributed by atoms with Gasteiger partial charge in [0.05, 0.1) is 16.3 Å². The van der Waals surface area contributed by atoms with Crippen LogP contribution in [-0.2, 0) is 14.8 Å². The normalized spacial score (nSPS) is 11.4. The van der Waals surface area contributed by atoms with Gasteiger partial charge in [-0.05, 0) is 19.9 Å². The van der Waals surface area contributed by atoms with E-state index >= 15 is 0 Å². The Morgan fingerprint density at radius 2 is 2.04 bits per heavy atom. The number of carbonyl (C=O) groups is 1. The molecule has 0 aliphatic carbocycles. The zero-order valence-corrected chi connectivity index (χ0v) is 16.9. The number of pyridine rings is 1. The van der Waals surface area contributed by atoms with Crippen molar-refractivity contribution in [3.8, 4) is 10.4 Å². The molecule has 0 atom stereocenters. The number of nitrogens with one attached hydrogen (secondary N) is 3. The molecule has 0 aromatic carbocycles. The molecule has 1 amide bonds. The van der Waals surface area contributed by atoms with Crippen molar-refractivity contribution in [3.63, 3.8) is 0 Å². The van der Waals surface area contributed by atoms with E-state index in [1.807, 2.05) is 0 Å². The maximum atomic E-state index is 12.5. The predicted molar refractivity (Wildman–Crippen MR) is 104 cm³/mol. The van der Waals surface area contributed by atoms with Crippen molar-refractivity contribution in [3.05, 3.63) is 35.1 Å². The molecular weight excluding hydrogens is 412 g/mol. The van der Waals surface area contributed by atoms with E-state index < -0.39 is 10.0 Å². The van der Waals surface area contributed by atoms with Crippen LogP contribution < -0.4 is 10.0 Å². The van der Waals surface area contributed by atoms with Gasteiger partial charge in [-0.3, -0.25) is 9.52 Å². The second-order valence-corrected chi connectivity index (χ2v) is 8.59. The fourth-order valence-electron chi connectivity index (χ4n) is 2.24. The van der Waals surface area contributed by atoms with Gasteiger partial charge in [-0.1, -0.05) is 22.9 Å². The maximum Gasteiger partial charge on any atom is 0.281 e. The second kappa shape index (κ2) is 7.25. The van der Waals surface area contributed by atoms with Crippen LogP contribution in [0.5, 0.6) is 0 Å². The highest BCUT2D eigenvalue weighted by molar-refractivity contribution is 7.92. The number of sulfonamides is 1. The quantitative estimate of drug-likeness (QED) is 0.538. The van der Waals surface area contributed by atoms with Crippen LogP contribution >= 0.6 is 22.9 Å². The number of hydrogen-bond donors (Lipinski definition) is 3. The van der Waals surface area contributed by atoms with Crippen molar-refractivity contribution in [2.45, 2.75) is 25.8 Å². The maximum absolute atomic E-state index is 12.5. The highest BCUT2D eigenvalue weighted by atomic mass is 35.5. The topological polar surface area (TPSA) is 130 Å². The summed E-state index contributed by atoms with van der Waals surface area (Å²) >= 11 is 7.31. The summed E-state index contributed by atoms with van der Waals surface area (Å²) in [5.74, 6) is 0.242. The van der Waals surface area contributed by atoms with Crippen LogP contribution in [0.15, 0.2) is 23.5 Å². The fourth-order valence-corrected chi connectivity index (χ4v) is 4.46. The Morgan fingerprint density at radius 3 is 2.67 bits per heavy atom. The highest BCUT2D eigenvalue weighted by Gasteiger charge is 2.20. The van der Waals surface area contributed by atoms with Gasteiger partial charge in [0.2, 0.25) is 5.91 Å². The number of imidazole rings is 1. The molecule has 12 heteroatoms. The van der Waals surface area contributed by atoms with Crippen LogP contribution in [0, 0.1) is 13.8 Å². The van der Waals surface area contributed by atoms with Crippen LogP contribution in [0.2, 0.25) is 5.15 Å². The zero-order chi connectivity index (χ0) is 19.8. The van der Waals surface area contributed by atoms with Gasteiger partial charge in [0, 0.05) is 24.9 Å². The summed E-state index contributed by atoms with van der Waals surface area (Å²) in [5, 5.41) is 2.92. The first kappa shape index (κ1) is 19.3. The smallest absolute Gasteiger partial charge is 0.281 e. The molecule has 3 N–H and O–H groups in total. The first-order chi connectivity index (χ1) is 12.7. The van der Waals surface area contributed by atoms with Crippen LogP contribution in [0.4, 0.5) is 10.8 Å². The molecule has 142 valence electrons. The summed E-state index contributed by atoms with van der Waals surface area (Å²) < 4.78 is 27.3. The Balaban J connectivity index is 1.96. The van der Waals surface area contributed by atoms with Gasteiger partial charge in [-0.15, -0.1) is 0 Å². The van der Waals surface area contributed by atoms with Crippen molar-refractivity contribution in [1.82, 2.24) is 19.9 Å². The summed E-state index contributed by atoms with van der Waals surface area (Å²) in [6, 6.07) is 1.56. The lowest BCUT2D eigenvalue weighted by Gasteiger charge is -2.09. The van der Waals surface area contributed by atoms with E-state index in [0.717, 1.165) is 4.88 Å². The second-order valence-electron chi connectivity index (χ2n) is 5.61. The van der Waals surface area contributed by atoms with E-state index in [4.69, 9.17) is 11.6 Å². The minimum Gasteiger partial charge on any atom is -0.348 e. The Bertz CT molecular complexity index is 1120. The number of aromatic nitrogens is 4. The Hall–Kier alpha value is -2.50. The third-order valence-corrected chi connectivity index (χ3v) is 6.05. The van der Waals surface area contributed by atoms with Crippen molar-refractivity contribution in [2.75, 3.05) is 10.0 Å². The number of halogens is 1.